The van der Waals surface area contributed by atoms with Crippen LogP contribution in [0.1, 0.15) is 24.1 Å². The Kier molecular flexibility index (Phi) is 6.53. The fraction of sp³-hybridized carbons (Fsp3) is 0.208. The first-order chi connectivity index (χ1) is 15.9. The van der Waals surface area contributed by atoms with Crippen molar-refractivity contribution in [3.8, 4) is 11.5 Å². The van der Waals surface area contributed by atoms with Crippen molar-refractivity contribution in [2.45, 2.75) is 13.0 Å². The molecule has 170 valence electrons. The van der Waals surface area contributed by atoms with Gasteiger partial charge in [0.05, 0.1) is 47.6 Å². The topological polar surface area (TPSA) is 79.1 Å². The lowest BCUT2D eigenvalue weighted by Crippen LogP contribution is -2.39. The van der Waals surface area contributed by atoms with Gasteiger partial charge >= 0.3 is 5.97 Å². The molecule has 33 heavy (non-hydrogen) atoms. The van der Waals surface area contributed by atoms with Gasteiger partial charge in [-0.1, -0.05) is 41.7 Å². The number of carbonyl (C=O) groups excluding carboxylic acids is 1. The predicted molar refractivity (Wildman–Crippen MR) is 129 cm³/mol. The molecule has 0 saturated heterocycles. The van der Waals surface area contributed by atoms with Gasteiger partial charge in [-0.3, -0.25) is 9.36 Å². The van der Waals surface area contributed by atoms with E-state index in [1.807, 2.05) is 36.4 Å². The average molecular weight is 529 g/mol. The van der Waals surface area contributed by atoms with Gasteiger partial charge in [-0.2, -0.15) is 0 Å². The minimum atomic E-state index is -0.630. The van der Waals surface area contributed by atoms with Crippen molar-refractivity contribution in [1.29, 1.82) is 0 Å². The van der Waals surface area contributed by atoms with Gasteiger partial charge in [0.2, 0.25) is 0 Å². The van der Waals surface area contributed by atoms with Gasteiger partial charge in [0.25, 0.3) is 5.56 Å². The van der Waals surface area contributed by atoms with Crippen molar-refractivity contribution in [2.24, 2.45) is 4.99 Å². The second kappa shape index (κ2) is 9.36. The summed E-state index contributed by atoms with van der Waals surface area (Å²) in [6, 6.07) is 12.4. The lowest BCUT2D eigenvalue weighted by molar-refractivity contribution is -0.136. The summed E-state index contributed by atoms with van der Waals surface area (Å²) in [7, 11) is 4.44. The number of halogens is 1. The average Bonchev–Trinajstić information content (AvgIpc) is 3.12. The van der Waals surface area contributed by atoms with Gasteiger partial charge in [-0.15, -0.1) is 0 Å². The number of hydrogen-bond donors (Lipinski definition) is 0. The molecule has 7 nitrogen and oxygen atoms in total. The second-order valence-corrected chi connectivity index (χ2v) is 9.09. The number of allylic oxidation sites excluding steroid dienone is 1. The smallest absolute Gasteiger partial charge is 0.338 e. The fourth-order valence-electron chi connectivity index (χ4n) is 3.82. The highest BCUT2D eigenvalue weighted by Crippen LogP contribution is 2.36. The Morgan fingerprint density at radius 2 is 1.88 bits per heavy atom. The van der Waals surface area contributed by atoms with E-state index >= 15 is 0 Å². The number of aromatic nitrogens is 1. The van der Waals surface area contributed by atoms with Crippen molar-refractivity contribution in [3.63, 3.8) is 0 Å². The third kappa shape index (κ3) is 4.14. The van der Waals surface area contributed by atoms with E-state index in [0.717, 1.165) is 11.1 Å². The van der Waals surface area contributed by atoms with E-state index in [2.05, 4.69) is 20.9 Å². The number of nitrogens with zero attached hydrogens (tertiary/aromatic N) is 2. The number of ether oxygens (including phenoxy) is 3. The Labute approximate surface area is 202 Å². The lowest BCUT2D eigenvalue weighted by atomic mass is 9.96. The first-order valence-corrected chi connectivity index (χ1v) is 11.6. The molecule has 9 heteroatoms. The Morgan fingerprint density at radius 3 is 2.52 bits per heavy atom. The Hall–Kier alpha value is -3.17. The molecular weight excluding hydrogens is 508 g/mol. The SMILES string of the molecule is COC(=O)C1=C(C)N=c2s/c(=C\c3cc(Br)c(OC)c(OC)c3)c(=O)n2[C@H]1c1ccccc1. The number of hydrogen-bond acceptors (Lipinski definition) is 7. The summed E-state index contributed by atoms with van der Waals surface area (Å²) in [6.07, 6.45) is 1.77. The summed E-state index contributed by atoms with van der Waals surface area (Å²) in [5.74, 6) is 0.596. The molecule has 2 aromatic carbocycles. The molecule has 1 aliphatic rings. The van der Waals surface area contributed by atoms with Crippen LogP contribution in [0.5, 0.6) is 11.5 Å². The molecule has 0 radical (unpaired) electrons. The summed E-state index contributed by atoms with van der Waals surface area (Å²) in [5.41, 5.74) is 2.18. The first-order valence-electron chi connectivity index (χ1n) is 9.97. The maximum absolute atomic E-state index is 13.6. The van der Waals surface area contributed by atoms with Crippen molar-refractivity contribution in [2.75, 3.05) is 21.3 Å². The van der Waals surface area contributed by atoms with Gasteiger partial charge in [-0.25, -0.2) is 9.79 Å². The monoisotopic (exact) mass is 528 g/mol. The molecule has 1 aromatic heterocycles. The number of carbonyl (C=O) groups is 1. The Morgan fingerprint density at radius 1 is 1.15 bits per heavy atom. The lowest BCUT2D eigenvalue weighted by Gasteiger charge is -2.24. The van der Waals surface area contributed by atoms with Gasteiger partial charge in [0, 0.05) is 0 Å². The second-order valence-electron chi connectivity index (χ2n) is 7.22. The fourth-order valence-corrected chi connectivity index (χ4v) is 5.48. The van der Waals surface area contributed by atoms with Gasteiger partial charge in [0.1, 0.15) is 0 Å². The van der Waals surface area contributed by atoms with Crippen LogP contribution >= 0.6 is 27.3 Å². The zero-order valence-electron chi connectivity index (χ0n) is 18.4. The number of esters is 1. The number of fused-ring (bicyclic) bond motifs is 1. The molecule has 0 aliphatic carbocycles. The van der Waals surface area contributed by atoms with Crippen LogP contribution in [-0.2, 0) is 9.53 Å². The summed E-state index contributed by atoms with van der Waals surface area (Å²) < 4.78 is 18.5. The van der Waals surface area contributed by atoms with Gasteiger partial charge in [0.15, 0.2) is 16.3 Å². The molecule has 1 aliphatic heterocycles. The van der Waals surface area contributed by atoms with Crippen LogP contribution in [0.4, 0.5) is 0 Å². The molecule has 0 spiro atoms. The number of thiazole rings is 1. The minimum Gasteiger partial charge on any atom is -0.493 e. The first kappa shape index (κ1) is 23.0. The molecular formula is C24H21BrN2O5S. The van der Waals surface area contributed by atoms with Crippen LogP contribution in [0.3, 0.4) is 0 Å². The highest BCUT2D eigenvalue weighted by Gasteiger charge is 2.32. The van der Waals surface area contributed by atoms with E-state index in [1.54, 1.807) is 37.9 Å². The standard InChI is InChI=1S/C24H21BrN2O5S/c1-13-19(23(29)32-4)20(15-8-6-5-7-9-15)27-22(28)18(33-24(27)26-13)12-14-10-16(25)21(31-3)17(11-14)30-2/h5-12,20H,1-4H3/b18-12-/t20-/m0/s1. The van der Waals surface area contributed by atoms with E-state index in [1.165, 1.54) is 18.4 Å². The molecule has 0 fully saturated rings. The summed E-state index contributed by atoms with van der Waals surface area (Å²) in [6.45, 7) is 1.75. The Balaban J connectivity index is 1.95. The zero-order valence-corrected chi connectivity index (χ0v) is 20.8. The number of methoxy groups -OCH3 is 3. The molecule has 0 N–H and O–H groups in total. The molecule has 3 aromatic rings. The van der Waals surface area contributed by atoms with Crippen LogP contribution in [0.25, 0.3) is 6.08 Å². The maximum Gasteiger partial charge on any atom is 0.338 e. The molecule has 0 bridgehead atoms. The molecule has 2 heterocycles. The van der Waals surface area contributed by atoms with Crippen LogP contribution in [-0.4, -0.2) is 31.9 Å². The highest BCUT2D eigenvalue weighted by molar-refractivity contribution is 9.10. The maximum atomic E-state index is 13.6. The predicted octanol–water partition coefficient (Wildman–Crippen LogP) is 3.19. The van der Waals surface area contributed by atoms with Crippen LogP contribution in [0.2, 0.25) is 0 Å². The molecule has 0 amide bonds. The van der Waals surface area contributed by atoms with Gasteiger partial charge < -0.3 is 14.2 Å². The Bertz CT molecular complexity index is 1440. The highest BCUT2D eigenvalue weighted by atomic mass is 79.9. The normalized spacial score (nSPS) is 15.7. The third-order valence-corrected chi connectivity index (χ3v) is 6.87. The molecule has 4 rings (SSSR count). The van der Waals surface area contributed by atoms with Crippen molar-refractivity contribution in [1.82, 2.24) is 4.57 Å². The summed E-state index contributed by atoms with van der Waals surface area (Å²) >= 11 is 4.75. The molecule has 0 saturated carbocycles. The molecule has 0 unspecified atom stereocenters. The van der Waals surface area contributed by atoms with E-state index in [-0.39, 0.29) is 5.56 Å². The van der Waals surface area contributed by atoms with Crippen molar-refractivity contribution < 1.29 is 19.0 Å². The summed E-state index contributed by atoms with van der Waals surface area (Å²) in [5, 5.41) is 0. The van der Waals surface area contributed by atoms with Crippen molar-refractivity contribution >= 4 is 39.3 Å². The van der Waals surface area contributed by atoms with E-state index in [4.69, 9.17) is 14.2 Å². The van der Waals surface area contributed by atoms with Crippen molar-refractivity contribution in [3.05, 3.63) is 89.0 Å². The van der Waals surface area contributed by atoms with E-state index in [0.29, 0.717) is 36.6 Å². The van der Waals surface area contributed by atoms with Crippen LogP contribution in [0, 0.1) is 0 Å². The van der Waals surface area contributed by atoms with E-state index < -0.39 is 12.0 Å². The third-order valence-electron chi connectivity index (χ3n) is 5.30. The largest absolute Gasteiger partial charge is 0.493 e. The van der Waals surface area contributed by atoms with Crippen LogP contribution < -0.4 is 24.4 Å². The minimum absolute atomic E-state index is 0.243. The molecule has 1 atom stereocenters. The van der Waals surface area contributed by atoms with Crippen LogP contribution in [0.15, 0.2) is 68.0 Å². The van der Waals surface area contributed by atoms with Gasteiger partial charge in [-0.05, 0) is 52.2 Å². The summed E-state index contributed by atoms with van der Waals surface area (Å²) in [4.78, 5) is 31.3. The zero-order chi connectivity index (χ0) is 23.7. The quantitative estimate of drug-likeness (QED) is 0.475. The number of rotatable bonds is 5. The van der Waals surface area contributed by atoms with E-state index in [9.17, 15) is 9.59 Å². The number of benzene rings is 2.